The molecule has 0 saturated heterocycles. The van der Waals surface area contributed by atoms with Gasteiger partial charge in [0.2, 0.25) is 0 Å². The first-order chi connectivity index (χ1) is 4.77. The van der Waals surface area contributed by atoms with Crippen LogP contribution in [0.15, 0.2) is 35.5 Å². The van der Waals surface area contributed by atoms with E-state index in [2.05, 4.69) is 38.2 Å². The molecule has 0 unspecified atom stereocenters. The molecule has 0 aromatic carbocycles. The molecule has 0 nitrogen and oxygen atoms in total. The predicted octanol–water partition coefficient (Wildman–Crippen LogP) is 2.84. The topological polar surface area (TPSA) is 0 Å². The quantitative estimate of drug-likeness (QED) is 0.514. The van der Waals surface area contributed by atoms with Gasteiger partial charge in [0.05, 0.1) is 0 Å². The number of fused-ring (bicyclic) bond motifs is 2. The number of rotatable bonds is 1. The lowest BCUT2D eigenvalue weighted by Gasteiger charge is -2.22. The fraction of sp³-hybridized carbons (Fsp3) is 0.400. The van der Waals surface area contributed by atoms with Crippen LogP contribution in [0.25, 0.3) is 0 Å². The van der Waals surface area contributed by atoms with Gasteiger partial charge in [-0.15, -0.1) is 0 Å². The third kappa shape index (κ3) is 0.476. The average molecular weight is 132 g/mol. The van der Waals surface area contributed by atoms with Crippen LogP contribution in [0.5, 0.6) is 0 Å². The maximum Gasteiger partial charge on any atom is 0.0172 e. The van der Waals surface area contributed by atoms with Crippen molar-refractivity contribution < 1.29 is 0 Å². The Kier molecular flexibility index (Phi) is 0.971. The summed E-state index contributed by atoms with van der Waals surface area (Å²) in [5.74, 6) is 0. The normalized spacial score (nSPS) is 25.0. The van der Waals surface area contributed by atoms with E-state index in [0.717, 1.165) is 0 Å². The van der Waals surface area contributed by atoms with Crippen LogP contribution in [0, 0.1) is 5.41 Å². The fourth-order valence-electron chi connectivity index (χ4n) is 1.78. The van der Waals surface area contributed by atoms with Gasteiger partial charge < -0.3 is 0 Å². The largest absolute Gasteiger partial charge is 0.0642 e. The van der Waals surface area contributed by atoms with E-state index in [1.54, 1.807) is 0 Å². The molecule has 52 valence electrons. The summed E-state index contributed by atoms with van der Waals surface area (Å²) in [5.41, 5.74) is 3.36. The van der Waals surface area contributed by atoms with Gasteiger partial charge in [-0.25, -0.2) is 0 Å². The first kappa shape index (κ1) is 5.96. The minimum atomic E-state index is 0.375. The third-order valence-corrected chi connectivity index (χ3v) is 2.87. The van der Waals surface area contributed by atoms with Crippen molar-refractivity contribution in [3.63, 3.8) is 0 Å². The molecule has 2 rings (SSSR count). The lowest BCUT2D eigenvalue weighted by molar-refractivity contribution is 0.504. The van der Waals surface area contributed by atoms with Crippen molar-refractivity contribution >= 4 is 0 Å². The monoisotopic (exact) mass is 132 g/mol. The standard InChI is InChI=1S/C10H12/c1-3-10(2)8-4-5-9(10)7-6-8/h4-7H,3H2,1-2H3. The van der Waals surface area contributed by atoms with E-state index >= 15 is 0 Å². The Morgan fingerprint density at radius 3 is 1.90 bits per heavy atom. The molecule has 0 amide bonds. The molecule has 0 atom stereocenters. The highest BCUT2D eigenvalue weighted by atomic mass is 14.4. The Morgan fingerprint density at radius 2 is 1.70 bits per heavy atom. The van der Waals surface area contributed by atoms with Crippen LogP contribution in [-0.4, -0.2) is 0 Å². The van der Waals surface area contributed by atoms with Crippen molar-refractivity contribution in [1.82, 2.24) is 0 Å². The van der Waals surface area contributed by atoms with Gasteiger partial charge in [-0.1, -0.05) is 38.2 Å². The van der Waals surface area contributed by atoms with Gasteiger partial charge in [0.25, 0.3) is 0 Å². The molecule has 0 spiro atoms. The molecule has 0 N–H and O–H groups in total. The molecule has 2 aliphatic rings. The molecule has 0 fully saturated rings. The van der Waals surface area contributed by atoms with E-state index in [-0.39, 0.29) is 0 Å². The molecule has 0 saturated carbocycles. The van der Waals surface area contributed by atoms with E-state index in [1.807, 2.05) is 0 Å². The molecule has 0 aliphatic heterocycles. The highest BCUT2D eigenvalue weighted by Crippen LogP contribution is 2.48. The van der Waals surface area contributed by atoms with Crippen LogP contribution in [-0.2, 0) is 0 Å². The smallest absolute Gasteiger partial charge is 0.0172 e. The van der Waals surface area contributed by atoms with Gasteiger partial charge in [0.1, 0.15) is 0 Å². The van der Waals surface area contributed by atoms with Gasteiger partial charge in [0, 0.05) is 5.41 Å². The molecule has 2 aliphatic carbocycles. The van der Waals surface area contributed by atoms with Crippen LogP contribution in [0.3, 0.4) is 0 Å². The minimum absolute atomic E-state index is 0.375. The van der Waals surface area contributed by atoms with Gasteiger partial charge in [-0.3, -0.25) is 0 Å². The van der Waals surface area contributed by atoms with Crippen LogP contribution >= 0.6 is 0 Å². The summed E-state index contributed by atoms with van der Waals surface area (Å²) in [7, 11) is 0. The first-order valence-corrected chi connectivity index (χ1v) is 3.88. The van der Waals surface area contributed by atoms with Crippen molar-refractivity contribution in [1.29, 1.82) is 0 Å². The molecule has 0 aromatic rings. The lowest BCUT2D eigenvalue weighted by atomic mass is 9.81. The van der Waals surface area contributed by atoms with E-state index < -0.39 is 0 Å². The van der Waals surface area contributed by atoms with E-state index in [0.29, 0.717) is 5.41 Å². The van der Waals surface area contributed by atoms with Gasteiger partial charge in [-0.2, -0.15) is 0 Å². The van der Waals surface area contributed by atoms with Gasteiger partial charge in [0.15, 0.2) is 0 Å². The van der Waals surface area contributed by atoms with Crippen LogP contribution in [0.2, 0.25) is 0 Å². The molecule has 0 radical (unpaired) electrons. The van der Waals surface area contributed by atoms with Gasteiger partial charge >= 0.3 is 0 Å². The Balaban J connectivity index is 2.49. The van der Waals surface area contributed by atoms with Crippen molar-refractivity contribution in [2.24, 2.45) is 5.41 Å². The Morgan fingerprint density at radius 1 is 1.20 bits per heavy atom. The van der Waals surface area contributed by atoms with Crippen LogP contribution in [0.4, 0.5) is 0 Å². The van der Waals surface area contributed by atoms with Crippen LogP contribution < -0.4 is 0 Å². The summed E-state index contributed by atoms with van der Waals surface area (Å²) in [6.45, 7) is 4.57. The van der Waals surface area contributed by atoms with Crippen molar-refractivity contribution in [2.45, 2.75) is 20.3 Å². The molecule has 2 bridgehead atoms. The second-order valence-electron chi connectivity index (χ2n) is 3.26. The third-order valence-electron chi connectivity index (χ3n) is 2.87. The maximum absolute atomic E-state index is 2.32. The van der Waals surface area contributed by atoms with Crippen LogP contribution in [0.1, 0.15) is 20.3 Å². The summed E-state index contributed by atoms with van der Waals surface area (Å²) < 4.78 is 0. The molecular weight excluding hydrogens is 120 g/mol. The highest BCUT2D eigenvalue weighted by Gasteiger charge is 2.35. The maximum atomic E-state index is 2.32. The molecular formula is C10H12. The van der Waals surface area contributed by atoms with Gasteiger partial charge in [-0.05, 0) is 17.6 Å². The average Bonchev–Trinajstić information content (AvgIpc) is 2.46. The molecule has 0 heterocycles. The lowest BCUT2D eigenvalue weighted by Crippen LogP contribution is -2.11. The minimum Gasteiger partial charge on any atom is -0.0642 e. The zero-order valence-corrected chi connectivity index (χ0v) is 6.52. The second kappa shape index (κ2) is 1.63. The SMILES string of the molecule is CCC1(C)C2=CC=C1C=C2. The Hall–Kier alpha value is -0.780. The van der Waals surface area contributed by atoms with E-state index in [9.17, 15) is 0 Å². The number of hydrogen-bond donors (Lipinski definition) is 0. The summed E-state index contributed by atoms with van der Waals surface area (Å²) in [6, 6.07) is 0. The van der Waals surface area contributed by atoms with Crippen molar-refractivity contribution in [3.05, 3.63) is 35.5 Å². The Bertz CT molecular complexity index is 229. The summed E-state index contributed by atoms with van der Waals surface area (Å²) in [6.07, 6.45) is 10.2. The van der Waals surface area contributed by atoms with E-state index in [1.165, 1.54) is 17.6 Å². The van der Waals surface area contributed by atoms with Crippen molar-refractivity contribution in [2.75, 3.05) is 0 Å². The molecule has 10 heavy (non-hydrogen) atoms. The summed E-state index contributed by atoms with van der Waals surface area (Å²) in [5, 5.41) is 0. The fourth-order valence-corrected chi connectivity index (χ4v) is 1.78. The Labute approximate surface area is 61.9 Å². The zero-order valence-electron chi connectivity index (χ0n) is 6.52. The zero-order chi connectivity index (χ0) is 7.19. The molecule has 0 heteroatoms. The number of allylic oxidation sites excluding steroid dienone is 6. The summed E-state index contributed by atoms with van der Waals surface area (Å²) in [4.78, 5) is 0. The van der Waals surface area contributed by atoms with E-state index in [4.69, 9.17) is 0 Å². The number of hydrogen-bond acceptors (Lipinski definition) is 0. The van der Waals surface area contributed by atoms with Crippen molar-refractivity contribution in [3.8, 4) is 0 Å². The second-order valence-corrected chi connectivity index (χ2v) is 3.26. The highest BCUT2D eigenvalue weighted by molar-refractivity contribution is 5.56. The summed E-state index contributed by atoms with van der Waals surface area (Å²) >= 11 is 0. The molecule has 0 aromatic heterocycles. The predicted molar refractivity (Wildman–Crippen MR) is 43.7 cm³/mol. The first-order valence-electron chi connectivity index (χ1n) is 3.88.